The van der Waals surface area contributed by atoms with E-state index in [-0.39, 0.29) is 5.57 Å². The van der Waals surface area contributed by atoms with Crippen molar-refractivity contribution in [3.63, 3.8) is 0 Å². The fourth-order valence-electron chi connectivity index (χ4n) is 2.23. The molecule has 0 saturated carbocycles. The van der Waals surface area contributed by atoms with Gasteiger partial charge in [-0.3, -0.25) is 0 Å². The molecule has 0 aliphatic carbocycles. The van der Waals surface area contributed by atoms with Crippen LogP contribution in [-0.4, -0.2) is 14.1 Å². The molecule has 4 nitrogen and oxygen atoms in total. The fraction of sp³-hybridized carbons (Fsp3) is 0.111. The summed E-state index contributed by atoms with van der Waals surface area (Å²) < 4.78 is 0. The summed E-state index contributed by atoms with van der Waals surface area (Å²) in [6, 6.07) is 23.3. The van der Waals surface area contributed by atoms with Crippen molar-refractivity contribution in [1.82, 2.24) is 0 Å². The van der Waals surface area contributed by atoms with Crippen molar-refractivity contribution in [2.24, 2.45) is 0 Å². The van der Waals surface area contributed by atoms with Crippen LogP contribution in [0, 0.1) is 22.7 Å². The maximum Gasteiger partial charge on any atom is 0.170 e. The Morgan fingerprint density at radius 2 is 1.09 bits per heavy atom. The van der Waals surface area contributed by atoms with E-state index >= 15 is 0 Å². The minimum atomic E-state index is 0.0673. The number of benzene rings is 2. The summed E-state index contributed by atoms with van der Waals surface area (Å²) in [6.07, 6.45) is 0. The van der Waals surface area contributed by atoms with Crippen molar-refractivity contribution >= 4 is 11.4 Å². The maximum absolute atomic E-state index is 9.30. The van der Waals surface area contributed by atoms with Gasteiger partial charge in [-0.05, 0) is 24.3 Å². The van der Waals surface area contributed by atoms with E-state index in [0.29, 0.717) is 5.82 Å². The zero-order chi connectivity index (χ0) is 15.9. The number of allylic oxidation sites excluding steroid dienone is 1. The molecule has 0 radical (unpaired) electrons. The Labute approximate surface area is 130 Å². The van der Waals surface area contributed by atoms with Crippen LogP contribution in [-0.2, 0) is 0 Å². The molecule has 2 aromatic carbocycles. The van der Waals surface area contributed by atoms with Crippen LogP contribution in [0.3, 0.4) is 0 Å². The molecule has 0 fully saturated rings. The van der Waals surface area contributed by atoms with E-state index in [1.807, 2.05) is 96.7 Å². The Bertz CT molecular complexity index is 673. The van der Waals surface area contributed by atoms with Gasteiger partial charge in [0.15, 0.2) is 5.57 Å². The van der Waals surface area contributed by atoms with E-state index in [1.54, 1.807) is 0 Å². The lowest BCUT2D eigenvalue weighted by molar-refractivity contribution is 0.967. The first-order valence-electron chi connectivity index (χ1n) is 6.81. The first-order chi connectivity index (χ1) is 10.7. The van der Waals surface area contributed by atoms with Crippen molar-refractivity contribution in [3.05, 3.63) is 72.1 Å². The second kappa shape index (κ2) is 6.97. The number of para-hydroxylation sites is 2. The Hall–Kier alpha value is -3.24. The summed E-state index contributed by atoms with van der Waals surface area (Å²) in [5.74, 6) is 0.544. The van der Waals surface area contributed by atoms with Gasteiger partial charge in [-0.15, -0.1) is 0 Å². The SMILES string of the molecule is CN(C(=C(C#N)C#N)N(C)c1ccccc1)c1ccccc1. The van der Waals surface area contributed by atoms with Crippen LogP contribution >= 0.6 is 0 Å². The summed E-state index contributed by atoms with van der Waals surface area (Å²) >= 11 is 0. The molecular formula is C18H16N4. The van der Waals surface area contributed by atoms with Crippen molar-refractivity contribution in [2.75, 3.05) is 23.9 Å². The van der Waals surface area contributed by atoms with Gasteiger partial charge in [0.1, 0.15) is 18.0 Å². The normalized spacial score (nSPS) is 9.27. The molecule has 0 aromatic heterocycles. The smallest absolute Gasteiger partial charge is 0.170 e. The Kier molecular flexibility index (Phi) is 4.80. The van der Waals surface area contributed by atoms with Crippen LogP contribution in [0.15, 0.2) is 72.1 Å². The largest absolute Gasteiger partial charge is 0.329 e. The zero-order valence-corrected chi connectivity index (χ0v) is 12.6. The fourth-order valence-corrected chi connectivity index (χ4v) is 2.23. The Balaban J connectivity index is 2.53. The summed E-state index contributed by atoms with van der Waals surface area (Å²) in [4.78, 5) is 3.68. The quantitative estimate of drug-likeness (QED) is 0.808. The number of anilines is 2. The molecule has 4 heteroatoms. The Morgan fingerprint density at radius 1 is 0.727 bits per heavy atom. The predicted molar refractivity (Wildman–Crippen MR) is 87.9 cm³/mol. The molecule has 0 amide bonds. The van der Waals surface area contributed by atoms with Gasteiger partial charge < -0.3 is 9.80 Å². The molecule has 108 valence electrons. The van der Waals surface area contributed by atoms with Gasteiger partial charge in [0, 0.05) is 25.5 Å². The molecule has 0 atom stereocenters. The minimum Gasteiger partial charge on any atom is -0.329 e. The van der Waals surface area contributed by atoms with Crippen molar-refractivity contribution < 1.29 is 0 Å². The van der Waals surface area contributed by atoms with Crippen LogP contribution in [0.4, 0.5) is 11.4 Å². The van der Waals surface area contributed by atoms with Crippen LogP contribution in [0.1, 0.15) is 0 Å². The molecule has 0 bridgehead atoms. The molecule has 0 unspecified atom stereocenters. The molecule has 2 aromatic rings. The van der Waals surface area contributed by atoms with Gasteiger partial charge in [-0.25, -0.2) is 0 Å². The molecule has 22 heavy (non-hydrogen) atoms. The monoisotopic (exact) mass is 288 g/mol. The average Bonchev–Trinajstić information content (AvgIpc) is 2.60. The maximum atomic E-state index is 9.30. The molecule has 0 saturated heterocycles. The van der Waals surface area contributed by atoms with E-state index < -0.39 is 0 Å². The van der Waals surface area contributed by atoms with E-state index in [2.05, 4.69) is 0 Å². The molecule has 0 aliphatic rings. The number of nitriles is 2. The average molecular weight is 288 g/mol. The topological polar surface area (TPSA) is 54.1 Å². The number of hydrogen-bond acceptors (Lipinski definition) is 4. The van der Waals surface area contributed by atoms with Crippen LogP contribution in [0.25, 0.3) is 0 Å². The van der Waals surface area contributed by atoms with Crippen LogP contribution in [0.5, 0.6) is 0 Å². The summed E-state index contributed by atoms with van der Waals surface area (Å²) in [5, 5.41) is 18.6. The Morgan fingerprint density at radius 3 is 1.41 bits per heavy atom. The molecule has 0 aliphatic heterocycles. The minimum absolute atomic E-state index is 0.0673. The van der Waals surface area contributed by atoms with E-state index in [4.69, 9.17) is 0 Å². The highest BCUT2D eigenvalue weighted by atomic mass is 15.3. The van der Waals surface area contributed by atoms with E-state index in [9.17, 15) is 10.5 Å². The third kappa shape index (κ3) is 3.08. The number of rotatable bonds is 4. The third-order valence-corrected chi connectivity index (χ3v) is 3.37. The second-order valence-corrected chi connectivity index (χ2v) is 4.71. The van der Waals surface area contributed by atoms with Gasteiger partial charge in [0.05, 0.1) is 0 Å². The summed E-state index contributed by atoms with van der Waals surface area (Å²) in [7, 11) is 3.69. The highest BCUT2D eigenvalue weighted by Crippen LogP contribution is 2.25. The van der Waals surface area contributed by atoms with Gasteiger partial charge in [0.2, 0.25) is 0 Å². The van der Waals surface area contributed by atoms with Crippen LogP contribution < -0.4 is 9.80 Å². The van der Waals surface area contributed by atoms with Gasteiger partial charge in [0.25, 0.3) is 0 Å². The molecule has 0 heterocycles. The van der Waals surface area contributed by atoms with E-state index in [1.165, 1.54) is 0 Å². The first kappa shape index (κ1) is 15.2. The highest BCUT2D eigenvalue weighted by Gasteiger charge is 2.18. The lowest BCUT2D eigenvalue weighted by Crippen LogP contribution is -2.31. The molecule has 2 rings (SSSR count). The predicted octanol–water partition coefficient (Wildman–Crippen LogP) is 3.52. The van der Waals surface area contributed by atoms with Crippen LogP contribution in [0.2, 0.25) is 0 Å². The molecule has 0 spiro atoms. The van der Waals surface area contributed by atoms with Crippen molar-refractivity contribution in [1.29, 1.82) is 10.5 Å². The van der Waals surface area contributed by atoms with Gasteiger partial charge in [-0.2, -0.15) is 10.5 Å². The summed E-state index contributed by atoms with van der Waals surface area (Å²) in [5.41, 5.74) is 1.88. The standard InChI is InChI=1S/C18H16N4/c1-21(16-9-5-3-6-10-16)18(15(13-19)14-20)22(2)17-11-7-4-8-12-17/h3-12H,1-2H3. The van der Waals surface area contributed by atoms with Crippen molar-refractivity contribution in [2.45, 2.75) is 0 Å². The highest BCUT2D eigenvalue weighted by molar-refractivity contribution is 5.64. The zero-order valence-electron chi connectivity index (χ0n) is 12.6. The third-order valence-electron chi connectivity index (χ3n) is 3.37. The number of hydrogen-bond donors (Lipinski definition) is 0. The summed E-state index contributed by atoms with van der Waals surface area (Å²) in [6.45, 7) is 0. The first-order valence-corrected chi connectivity index (χ1v) is 6.81. The van der Waals surface area contributed by atoms with E-state index in [0.717, 1.165) is 11.4 Å². The van der Waals surface area contributed by atoms with Gasteiger partial charge >= 0.3 is 0 Å². The van der Waals surface area contributed by atoms with Crippen molar-refractivity contribution in [3.8, 4) is 12.1 Å². The molecule has 0 N–H and O–H groups in total. The second-order valence-electron chi connectivity index (χ2n) is 4.71. The lowest BCUT2D eigenvalue weighted by atomic mass is 10.2. The van der Waals surface area contributed by atoms with Gasteiger partial charge in [-0.1, -0.05) is 36.4 Å². The number of nitrogens with zero attached hydrogens (tertiary/aromatic N) is 4. The lowest BCUT2D eigenvalue weighted by Gasteiger charge is -2.31. The molecular weight excluding hydrogens is 272 g/mol.